The molecule has 4 nitrogen and oxygen atoms in total. The number of carbonyl (C=O) groups excluding carboxylic acids is 2. The fourth-order valence-electron chi connectivity index (χ4n) is 4.11. The Kier molecular flexibility index (Phi) is 10.6. The van der Waals surface area contributed by atoms with Crippen LogP contribution >= 0.6 is 23.2 Å². The summed E-state index contributed by atoms with van der Waals surface area (Å²) in [5, 5.41) is -0.601. The molecule has 2 aromatic carbocycles. The van der Waals surface area contributed by atoms with Crippen molar-refractivity contribution < 1.29 is 19.1 Å². The Morgan fingerprint density at radius 2 is 1.31 bits per heavy atom. The lowest BCUT2D eigenvalue weighted by atomic mass is 9.79. The number of rotatable bonds is 12. The molecule has 0 radical (unpaired) electrons. The summed E-state index contributed by atoms with van der Waals surface area (Å²) in [7, 11) is 0. The molecule has 0 saturated heterocycles. The van der Waals surface area contributed by atoms with Gasteiger partial charge in [0.15, 0.2) is 5.41 Å². The number of ether oxygens (including phenoxy) is 2. The molecule has 0 spiro atoms. The van der Waals surface area contributed by atoms with Gasteiger partial charge in [0.1, 0.15) is 13.2 Å². The molecule has 0 bridgehead atoms. The molecule has 0 N–H and O–H groups in total. The molecule has 0 aromatic heterocycles. The van der Waals surface area contributed by atoms with Gasteiger partial charge in [-0.2, -0.15) is 0 Å². The Morgan fingerprint density at radius 3 is 1.78 bits per heavy atom. The minimum Gasteiger partial charge on any atom is -0.463 e. The molecule has 0 fully saturated rings. The lowest BCUT2D eigenvalue weighted by molar-refractivity contribution is -0.168. The molecule has 192 valence electrons. The van der Waals surface area contributed by atoms with Crippen LogP contribution in [0.2, 0.25) is 0 Å². The van der Waals surface area contributed by atoms with Crippen molar-refractivity contribution in [3.63, 3.8) is 0 Å². The van der Waals surface area contributed by atoms with Gasteiger partial charge in [0.05, 0.1) is 10.8 Å². The number of esters is 2. The van der Waals surface area contributed by atoms with Crippen LogP contribution in [0.1, 0.15) is 51.5 Å². The molecule has 0 saturated carbocycles. The van der Waals surface area contributed by atoms with Gasteiger partial charge >= 0.3 is 11.9 Å². The number of alkyl halides is 2. The normalized spacial score (nSPS) is 16.1. The fourth-order valence-corrected chi connectivity index (χ4v) is 4.67. The van der Waals surface area contributed by atoms with Crippen molar-refractivity contribution in [3.05, 3.63) is 78.4 Å². The van der Waals surface area contributed by atoms with Crippen LogP contribution < -0.4 is 0 Å². The van der Waals surface area contributed by atoms with Crippen LogP contribution in [0.4, 0.5) is 0 Å². The molecular formula is C30H34Cl2O4. The first kappa shape index (κ1) is 28.0. The summed E-state index contributed by atoms with van der Waals surface area (Å²) >= 11 is 12.5. The van der Waals surface area contributed by atoms with Crippen LogP contribution in [0.3, 0.4) is 0 Å². The number of benzene rings is 2. The predicted molar refractivity (Wildman–Crippen MR) is 147 cm³/mol. The third-order valence-electron chi connectivity index (χ3n) is 6.24. The van der Waals surface area contributed by atoms with Crippen LogP contribution in [0.5, 0.6) is 0 Å². The predicted octanol–water partition coefficient (Wildman–Crippen LogP) is 7.58. The van der Waals surface area contributed by atoms with Crippen molar-refractivity contribution >= 4 is 40.7 Å². The van der Waals surface area contributed by atoms with Gasteiger partial charge in [-0.05, 0) is 41.5 Å². The highest BCUT2D eigenvalue weighted by Gasteiger charge is 2.47. The van der Waals surface area contributed by atoms with Gasteiger partial charge in [-0.3, -0.25) is 9.59 Å². The van der Waals surface area contributed by atoms with Crippen molar-refractivity contribution in [2.75, 3.05) is 13.2 Å². The quantitative estimate of drug-likeness (QED) is 0.162. The molecule has 0 unspecified atom stereocenters. The fraction of sp³-hybridized carbons (Fsp3) is 0.400. The minimum absolute atomic E-state index is 0.0442. The first-order valence-electron chi connectivity index (χ1n) is 12.6. The Bertz CT molecular complexity index is 1030. The summed E-state index contributed by atoms with van der Waals surface area (Å²) in [6, 6.07) is 18.3. The summed E-state index contributed by atoms with van der Waals surface area (Å²) in [4.78, 5) is 26.4. The number of hydrogen-bond acceptors (Lipinski definition) is 4. The molecule has 0 heterocycles. The van der Waals surface area contributed by atoms with Gasteiger partial charge in [-0.15, -0.1) is 23.2 Å². The van der Waals surface area contributed by atoms with Crippen molar-refractivity contribution in [2.45, 2.75) is 56.7 Å². The van der Waals surface area contributed by atoms with E-state index in [1.807, 2.05) is 50.3 Å². The van der Waals surface area contributed by atoms with Crippen molar-refractivity contribution in [2.24, 2.45) is 5.41 Å². The average molecular weight is 530 g/mol. The Morgan fingerprint density at radius 1 is 0.806 bits per heavy atom. The molecule has 0 aliphatic heterocycles. The third-order valence-corrected chi connectivity index (χ3v) is 6.93. The number of allylic oxidation sites excluding steroid dienone is 3. The second kappa shape index (κ2) is 13.7. The van der Waals surface area contributed by atoms with Crippen LogP contribution in [0, 0.1) is 5.41 Å². The zero-order valence-electron chi connectivity index (χ0n) is 20.9. The largest absolute Gasteiger partial charge is 0.463 e. The molecule has 2 aromatic rings. The number of halogens is 2. The second-order valence-corrected chi connectivity index (χ2v) is 10.3. The molecule has 1 aliphatic carbocycles. The average Bonchev–Trinajstić information content (AvgIpc) is 2.91. The molecule has 0 amide bonds. The van der Waals surface area contributed by atoms with E-state index in [1.54, 1.807) is 12.2 Å². The van der Waals surface area contributed by atoms with E-state index >= 15 is 0 Å². The lowest BCUT2D eigenvalue weighted by Gasteiger charge is -2.29. The molecule has 6 heteroatoms. The molecule has 1 aliphatic rings. The SMILES string of the molecule is CCC[C@H](Cl)COC(=O)C1(C(=O)OC[C@@H](Cl)CCC)C=CC(c2ccc(-c3ccccc3)cc2)=CC1. The van der Waals surface area contributed by atoms with Gasteiger partial charge in [-0.1, -0.05) is 99.5 Å². The van der Waals surface area contributed by atoms with Crippen LogP contribution in [-0.2, 0) is 19.1 Å². The zero-order chi connectivity index (χ0) is 26.0. The first-order chi connectivity index (χ1) is 17.4. The summed E-state index contributed by atoms with van der Waals surface area (Å²) in [6.45, 7) is 4.11. The monoisotopic (exact) mass is 528 g/mol. The molecular weight excluding hydrogens is 495 g/mol. The maximum Gasteiger partial charge on any atom is 0.327 e. The Balaban J connectivity index is 1.77. The highest BCUT2D eigenvalue weighted by Crippen LogP contribution is 2.37. The van der Waals surface area contributed by atoms with Gasteiger partial charge in [0, 0.05) is 0 Å². The summed E-state index contributed by atoms with van der Waals surface area (Å²) in [5.74, 6) is -1.30. The first-order valence-corrected chi connectivity index (χ1v) is 13.4. The maximum absolute atomic E-state index is 13.2. The smallest absolute Gasteiger partial charge is 0.327 e. The van der Waals surface area contributed by atoms with Crippen LogP contribution in [0.15, 0.2) is 72.8 Å². The van der Waals surface area contributed by atoms with Crippen molar-refractivity contribution in [1.29, 1.82) is 0 Å². The van der Waals surface area contributed by atoms with Crippen LogP contribution in [-0.4, -0.2) is 35.9 Å². The van der Waals surface area contributed by atoms with E-state index < -0.39 is 17.4 Å². The highest BCUT2D eigenvalue weighted by atomic mass is 35.5. The maximum atomic E-state index is 13.2. The van der Waals surface area contributed by atoms with E-state index in [-0.39, 0.29) is 30.4 Å². The van der Waals surface area contributed by atoms with E-state index in [0.717, 1.165) is 47.9 Å². The van der Waals surface area contributed by atoms with Crippen LogP contribution in [0.25, 0.3) is 16.7 Å². The zero-order valence-corrected chi connectivity index (χ0v) is 22.4. The van der Waals surface area contributed by atoms with Crippen molar-refractivity contribution in [1.82, 2.24) is 0 Å². The molecule has 36 heavy (non-hydrogen) atoms. The highest BCUT2D eigenvalue weighted by molar-refractivity contribution is 6.21. The third kappa shape index (κ3) is 7.24. The van der Waals surface area contributed by atoms with E-state index in [0.29, 0.717) is 0 Å². The Labute approximate surface area is 224 Å². The second-order valence-electron chi connectivity index (χ2n) is 9.08. The topological polar surface area (TPSA) is 52.6 Å². The van der Waals surface area contributed by atoms with E-state index in [4.69, 9.17) is 32.7 Å². The van der Waals surface area contributed by atoms with Gasteiger partial charge in [0.2, 0.25) is 0 Å². The van der Waals surface area contributed by atoms with Gasteiger partial charge in [0.25, 0.3) is 0 Å². The standard InChI is InChI=1S/C30H34Cl2O4/c1-3-8-26(31)20-35-28(33)30(29(34)36-21-27(32)9-4-2)18-16-25(17-19-30)24-14-12-23(13-15-24)22-10-6-5-7-11-22/h5-7,10-18,26-27H,3-4,8-9,19-21H2,1-2H3/t26-,27-/m0/s1. The molecule has 3 rings (SSSR count). The van der Waals surface area contributed by atoms with Gasteiger partial charge in [-0.25, -0.2) is 0 Å². The van der Waals surface area contributed by atoms with Gasteiger partial charge < -0.3 is 9.47 Å². The Hall–Kier alpha value is -2.56. The molecule has 2 atom stereocenters. The lowest BCUT2D eigenvalue weighted by Crippen LogP contribution is -2.42. The van der Waals surface area contributed by atoms with E-state index in [1.165, 1.54) is 0 Å². The summed E-state index contributed by atoms with van der Waals surface area (Å²) in [5.41, 5.74) is 2.62. The summed E-state index contributed by atoms with van der Waals surface area (Å²) < 4.78 is 11.0. The summed E-state index contributed by atoms with van der Waals surface area (Å²) in [6.07, 6.45) is 8.60. The minimum atomic E-state index is -1.56. The van der Waals surface area contributed by atoms with E-state index in [9.17, 15) is 9.59 Å². The number of hydrogen-bond donors (Lipinski definition) is 0. The van der Waals surface area contributed by atoms with Crippen molar-refractivity contribution in [3.8, 4) is 11.1 Å². The number of carbonyl (C=O) groups is 2. The van der Waals surface area contributed by atoms with E-state index in [2.05, 4.69) is 24.3 Å².